The van der Waals surface area contributed by atoms with Gasteiger partial charge < -0.3 is 10.2 Å². The van der Waals surface area contributed by atoms with E-state index in [4.69, 9.17) is 0 Å². The first-order valence-electron chi connectivity index (χ1n) is 8.37. The van der Waals surface area contributed by atoms with Gasteiger partial charge in [-0.1, -0.05) is 24.3 Å². The number of halogens is 1. The highest BCUT2D eigenvalue weighted by molar-refractivity contribution is 6.22. The number of rotatable bonds is 6. The first kappa shape index (κ1) is 18.3. The summed E-state index contributed by atoms with van der Waals surface area (Å²) in [4.78, 5) is 40.1. The van der Waals surface area contributed by atoms with Crippen LogP contribution < -0.4 is 10.2 Å². The van der Waals surface area contributed by atoms with Crippen LogP contribution in [0, 0.1) is 5.82 Å². The lowest BCUT2D eigenvalue weighted by molar-refractivity contribution is -0.124. The van der Waals surface area contributed by atoms with Crippen molar-refractivity contribution in [1.29, 1.82) is 0 Å². The van der Waals surface area contributed by atoms with E-state index in [9.17, 15) is 18.8 Å². The number of nitrogens with zero attached hydrogens (tertiary/aromatic N) is 2. The summed E-state index contributed by atoms with van der Waals surface area (Å²) in [6, 6.07) is 12.4. The highest BCUT2D eigenvalue weighted by Gasteiger charge is 2.46. The van der Waals surface area contributed by atoms with E-state index in [0.717, 1.165) is 4.90 Å². The van der Waals surface area contributed by atoms with Gasteiger partial charge in [0.2, 0.25) is 5.91 Å². The largest absolute Gasteiger partial charge is 0.332 e. The molecule has 0 bridgehead atoms. The summed E-state index contributed by atoms with van der Waals surface area (Å²) in [7, 11) is 0. The lowest BCUT2D eigenvalue weighted by atomic mass is 10.1. The van der Waals surface area contributed by atoms with Crippen molar-refractivity contribution >= 4 is 29.2 Å². The molecule has 2 aromatic carbocycles. The number of nitrogens with one attached hydrogen (secondary N) is 1. The zero-order valence-electron chi connectivity index (χ0n) is 14.5. The van der Waals surface area contributed by atoms with Gasteiger partial charge in [0, 0.05) is 12.2 Å². The van der Waals surface area contributed by atoms with E-state index in [-0.39, 0.29) is 24.6 Å². The van der Waals surface area contributed by atoms with E-state index in [1.165, 1.54) is 35.2 Å². The fourth-order valence-electron chi connectivity index (χ4n) is 2.92. The third-order valence-corrected chi connectivity index (χ3v) is 4.17. The maximum Gasteiger partial charge on any atom is 0.332 e. The molecule has 0 unspecified atom stereocenters. The molecule has 138 valence electrons. The average molecular weight is 367 g/mol. The third kappa shape index (κ3) is 3.87. The minimum atomic E-state index is -0.954. The Balaban J connectivity index is 1.81. The Labute approximate surface area is 155 Å². The molecule has 1 N–H and O–H groups in total. The second kappa shape index (κ2) is 7.82. The minimum Gasteiger partial charge on any atom is -0.326 e. The van der Waals surface area contributed by atoms with Crippen molar-refractivity contribution < 1.29 is 18.8 Å². The van der Waals surface area contributed by atoms with Crippen LogP contribution in [-0.2, 0) is 9.59 Å². The molecule has 0 aliphatic carbocycles. The zero-order chi connectivity index (χ0) is 19.4. The Hall–Kier alpha value is -3.48. The van der Waals surface area contributed by atoms with Crippen LogP contribution in [-0.4, -0.2) is 35.3 Å². The van der Waals surface area contributed by atoms with E-state index in [1.807, 2.05) is 6.07 Å². The first-order valence-corrected chi connectivity index (χ1v) is 8.37. The van der Waals surface area contributed by atoms with Crippen molar-refractivity contribution in [3.63, 3.8) is 0 Å². The van der Waals surface area contributed by atoms with Crippen LogP contribution in [0.15, 0.2) is 67.3 Å². The molecule has 1 saturated heterocycles. The number of carbonyl (C=O) groups is 3. The summed E-state index contributed by atoms with van der Waals surface area (Å²) in [6.07, 6.45) is 1.30. The van der Waals surface area contributed by atoms with Gasteiger partial charge in [0.05, 0.1) is 12.1 Å². The number of imide groups is 1. The number of urea groups is 1. The third-order valence-electron chi connectivity index (χ3n) is 4.17. The molecule has 1 fully saturated rings. The molecule has 1 atom stereocenters. The van der Waals surface area contributed by atoms with Crippen LogP contribution in [0.4, 0.5) is 20.6 Å². The van der Waals surface area contributed by atoms with Gasteiger partial charge in [0.1, 0.15) is 11.9 Å². The Morgan fingerprint density at radius 2 is 1.78 bits per heavy atom. The molecular weight excluding hydrogens is 349 g/mol. The van der Waals surface area contributed by atoms with E-state index in [0.29, 0.717) is 5.69 Å². The number of carbonyl (C=O) groups excluding carboxylic acids is 3. The monoisotopic (exact) mass is 367 g/mol. The van der Waals surface area contributed by atoms with Crippen LogP contribution in [0.2, 0.25) is 0 Å². The van der Waals surface area contributed by atoms with Crippen molar-refractivity contribution in [3.05, 3.63) is 73.1 Å². The fourth-order valence-corrected chi connectivity index (χ4v) is 2.92. The normalized spacial score (nSPS) is 16.6. The van der Waals surface area contributed by atoms with Crippen LogP contribution >= 0.6 is 0 Å². The standard InChI is InChI=1S/C20H18FN3O3/c1-2-12-23-17(13-18(25)22-15-6-4-3-5-7-15)19(26)24(20(23)27)16-10-8-14(21)9-11-16/h2-11,17H,1,12-13H2,(H,22,25)/t17-/m1/s1. The zero-order valence-corrected chi connectivity index (χ0v) is 14.5. The highest BCUT2D eigenvalue weighted by atomic mass is 19.1. The summed E-state index contributed by atoms with van der Waals surface area (Å²) in [5.74, 6) is -1.39. The van der Waals surface area contributed by atoms with Gasteiger partial charge in [0.15, 0.2) is 0 Å². The summed E-state index contributed by atoms with van der Waals surface area (Å²) in [6.45, 7) is 3.72. The number of benzene rings is 2. The van der Waals surface area contributed by atoms with Crippen LogP contribution in [0.5, 0.6) is 0 Å². The van der Waals surface area contributed by atoms with Gasteiger partial charge in [-0.2, -0.15) is 0 Å². The molecule has 0 radical (unpaired) electrons. The van der Waals surface area contributed by atoms with Gasteiger partial charge in [-0.25, -0.2) is 14.1 Å². The predicted molar refractivity (Wildman–Crippen MR) is 99.7 cm³/mol. The quantitative estimate of drug-likeness (QED) is 0.630. The Kier molecular flexibility index (Phi) is 5.30. The van der Waals surface area contributed by atoms with Crippen molar-refractivity contribution in [2.75, 3.05) is 16.8 Å². The molecule has 0 saturated carbocycles. The average Bonchev–Trinajstić information content (AvgIpc) is 2.88. The van der Waals surface area contributed by atoms with E-state index < -0.39 is 23.8 Å². The highest BCUT2D eigenvalue weighted by Crippen LogP contribution is 2.27. The molecule has 0 spiro atoms. The molecule has 4 amide bonds. The van der Waals surface area contributed by atoms with Gasteiger partial charge >= 0.3 is 6.03 Å². The van der Waals surface area contributed by atoms with E-state index in [1.54, 1.807) is 24.3 Å². The molecule has 2 aromatic rings. The van der Waals surface area contributed by atoms with Crippen molar-refractivity contribution in [2.24, 2.45) is 0 Å². The topological polar surface area (TPSA) is 69.7 Å². The Bertz CT molecular complexity index is 868. The minimum absolute atomic E-state index is 0.117. The summed E-state index contributed by atoms with van der Waals surface area (Å²) < 4.78 is 13.2. The van der Waals surface area contributed by atoms with Gasteiger partial charge in [-0.15, -0.1) is 6.58 Å². The van der Waals surface area contributed by atoms with Crippen LogP contribution in [0.3, 0.4) is 0 Å². The van der Waals surface area contributed by atoms with Crippen molar-refractivity contribution in [1.82, 2.24) is 4.90 Å². The SMILES string of the molecule is C=CCN1C(=O)N(c2ccc(F)cc2)C(=O)[C@H]1CC(=O)Nc1ccccc1. The lowest BCUT2D eigenvalue weighted by Crippen LogP contribution is -2.38. The predicted octanol–water partition coefficient (Wildman–Crippen LogP) is 3.18. The Morgan fingerprint density at radius 1 is 1.11 bits per heavy atom. The number of anilines is 2. The first-order chi connectivity index (χ1) is 13.0. The molecule has 1 heterocycles. The summed E-state index contributed by atoms with van der Waals surface area (Å²) in [5, 5.41) is 2.71. The second-order valence-electron chi connectivity index (χ2n) is 6.01. The molecule has 1 aliphatic rings. The summed E-state index contributed by atoms with van der Waals surface area (Å²) >= 11 is 0. The number of para-hydroxylation sites is 1. The van der Waals surface area contributed by atoms with Crippen LogP contribution in [0.25, 0.3) is 0 Å². The molecule has 0 aromatic heterocycles. The molecular formula is C20H18FN3O3. The molecule has 1 aliphatic heterocycles. The van der Waals surface area contributed by atoms with Crippen LogP contribution in [0.1, 0.15) is 6.42 Å². The van der Waals surface area contributed by atoms with E-state index in [2.05, 4.69) is 11.9 Å². The summed E-state index contributed by atoms with van der Waals surface area (Å²) in [5.41, 5.74) is 0.858. The van der Waals surface area contributed by atoms with Crippen molar-refractivity contribution in [3.8, 4) is 0 Å². The maximum atomic E-state index is 13.2. The van der Waals surface area contributed by atoms with Gasteiger partial charge in [0.25, 0.3) is 5.91 Å². The Morgan fingerprint density at radius 3 is 2.41 bits per heavy atom. The van der Waals surface area contributed by atoms with Gasteiger partial charge in [-0.05, 0) is 36.4 Å². The fraction of sp³-hybridized carbons (Fsp3) is 0.150. The molecule has 27 heavy (non-hydrogen) atoms. The molecule has 6 nitrogen and oxygen atoms in total. The molecule has 3 rings (SSSR count). The van der Waals surface area contributed by atoms with E-state index >= 15 is 0 Å². The maximum absolute atomic E-state index is 13.2. The number of hydrogen-bond acceptors (Lipinski definition) is 3. The number of amides is 4. The van der Waals surface area contributed by atoms with Gasteiger partial charge in [-0.3, -0.25) is 9.59 Å². The number of hydrogen-bond donors (Lipinski definition) is 1. The molecule has 7 heteroatoms. The second-order valence-corrected chi connectivity index (χ2v) is 6.01. The van der Waals surface area contributed by atoms with Crippen molar-refractivity contribution in [2.45, 2.75) is 12.5 Å². The smallest absolute Gasteiger partial charge is 0.326 e. The lowest BCUT2D eigenvalue weighted by Gasteiger charge is -2.19.